The molecule has 0 radical (unpaired) electrons. The lowest BCUT2D eigenvalue weighted by atomic mass is 10.0. The number of hydrogen-bond acceptors (Lipinski definition) is 7. The van der Waals surface area contributed by atoms with Gasteiger partial charge < -0.3 is 10.2 Å². The molecule has 0 bridgehead atoms. The summed E-state index contributed by atoms with van der Waals surface area (Å²) in [6.07, 6.45) is 0.905. The Bertz CT molecular complexity index is 1330. The number of fused-ring (bicyclic) bond motifs is 1. The molecule has 2 aliphatic rings. The van der Waals surface area contributed by atoms with E-state index in [1.165, 1.54) is 0 Å². The Morgan fingerprint density at radius 2 is 1.77 bits per heavy atom. The minimum absolute atomic E-state index is 0.0251. The maximum Gasteiger partial charge on any atom is 0.261 e. The number of amides is 4. The van der Waals surface area contributed by atoms with Crippen molar-refractivity contribution in [3.05, 3.63) is 69.7 Å². The first-order valence-electron chi connectivity index (χ1n) is 11.3. The number of hydrogen-bond donors (Lipinski definition) is 1. The van der Waals surface area contributed by atoms with Crippen LogP contribution in [0.25, 0.3) is 0 Å². The molecule has 178 valence electrons. The molecule has 1 atom stereocenters. The van der Waals surface area contributed by atoms with E-state index in [-0.39, 0.29) is 41.7 Å². The highest BCUT2D eigenvalue weighted by Crippen LogP contribution is 2.32. The zero-order valence-electron chi connectivity index (χ0n) is 19.3. The van der Waals surface area contributed by atoms with Crippen LogP contribution in [0.2, 0.25) is 0 Å². The van der Waals surface area contributed by atoms with Gasteiger partial charge in [-0.1, -0.05) is 48.6 Å². The molecular formula is C25H23N5O4S. The van der Waals surface area contributed by atoms with Gasteiger partial charge >= 0.3 is 0 Å². The van der Waals surface area contributed by atoms with Crippen LogP contribution in [0.15, 0.2) is 42.5 Å². The minimum Gasteiger partial charge on any atom is -0.311 e. The number of carbonyl (C=O) groups excluding carboxylic acids is 4. The van der Waals surface area contributed by atoms with Crippen LogP contribution < -0.4 is 10.2 Å². The van der Waals surface area contributed by atoms with Crippen LogP contribution in [0, 0.1) is 12.8 Å². The Hall–Kier alpha value is -3.92. The van der Waals surface area contributed by atoms with Gasteiger partial charge in [-0.25, -0.2) is 0 Å². The predicted octanol–water partition coefficient (Wildman–Crippen LogP) is 3.20. The van der Waals surface area contributed by atoms with Crippen LogP contribution in [0.1, 0.15) is 50.2 Å². The standard InChI is InChI=1S/C25H23N5O4S/c1-3-15-8-6-7-14(2)21(15)29-12-16(11-20(29)31)22(32)26-25-28-27-19(35-25)13-30-23(33)17-9-4-5-10-18(17)24(30)34/h4-10,16H,3,11-13H2,1-2H3,(H,26,28,32). The first kappa shape index (κ1) is 22.9. The van der Waals surface area contributed by atoms with Crippen molar-refractivity contribution in [1.82, 2.24) is 15.1 Å². The summed E-state index contributed by atoms with van der Waals surface area (Å²) in [5, 5.41) is 11.5. The number of carbonyl (C=O) groups is 4. The molecule has 2 aliphatic heterocycles. The average Bonchev–Trinajstić information content (AvgIpc) is 3.53. The lowest BCUT2D eigenvalue weighted by molar-refractivity contribution is -0.122. The van der Waals surface area contributed by atoms with Crippen LogP contribution in [-0.4, -0.2) is 45.3 Å². The fourth-order valence-electron chi connectivity index (χ4n) is 4.58. The second-order valence-electron chi connectivity index (χ2n) is 8.57. The summed E-state index contributed by atoms with van der Waals surface area (Å²) in [5.41, 5.74) is 3.69. The van der Waals surface area contributed by atoms with Gasteiger partial charge in [0.2, 0.25) is 16.9 Å². The van der Waals surface area contributed by atoms with E-state index in [1.54, 1.807) is 29.2 Å². The maximum absolute atomic E-state index is 12.9. The monoisotopic (exact) mass is 489 g/mol. The molecule has 1 N–H and O–H groups in total. The van der Waals surface area contributed by atoms with Gasteiger partial charge in [0, 0.05) is 18.7 Å². The lowest BCUT2D eigenvalue weighted by Gasteiger charge is -2.22. The van der Waals surface area contributed by atoms with Gasteiger partial charge in [0.25, 0.3) is 11.8 Å². The quantitative estimate of drug-likeness (QED) is 0.532. The van der Waals surface area contributed by atoms with Crippen LogP contribution in [0.4, 0.5) is 10.8 Å². The molecule has 0 saturated carbocycles. The Labute approximate surface area is 205 Å². The van der Waals surface area contributed by atoms with Crippen molar-refractivity contribution in [1.29, 1.82) is 0 Å². The van der Waals surface area contributed by atoms with E-state index in [1.807, 2.05) is 32.0 Å². The van der Waals surface area contributed by atoms with Crippen molar-refractivity contribution in [2.45, 2.75) is 33.2 Å². The zero-order valence-corrected chi connectivity index (χ0v) is 20.1. The number of rotatable bonds is 6. The second-order valence-corrected chi connectivity index (χ2v) is 9.64. The van der Waals surface area contributed by atoms with E-state index < -0.39 is 5.92 Å². The maximum atomic E-state index is 12.9. The smallest absolute Gasteiger partial charge is 0.261 e. The molecule has 3 aromatic rings. The van der Waals surface area contributed by atoms with E-state index in [2.05, 4.69) is 15.5 Å². The zero-order chi connectivity index (χ0) is 24.7. The molecule has 3 heterocycles. The summed E-state index contributed by atoms with van der Waals surface area (Å²) in [7, 11) is 0. The average molecular weight is 490 g/mol. The van der Waals surface area contributed by atoms with Crippen LogP contribution in [0.5, 0.6) is 0 Å². The molecule has 10 heteroatoms. The van der Waals surface area contributed by atoms with Crippen molar-refractivity contribution in [3.8, 4) is 0 Å². The second kappa shape index (κ2) is 9.03. The predicted molar refractivity (Wildman–Crippen MR) is 130 cm³/mol. The molecule has 4 amide bonds. The topological polar surface area (TPSA) is 113 Å². The Kier molecular flexibility index (Phi) is 5.89. The molecule has 35 heavy (non-hydrogen) atoms. The van der Waals surface area contributed by atoms with Crippen molar-refractivity contribution in [2.24, 2.45) is 5.92 Å². The SMILES string of the molecule is CCc1cccc(C)c1N1CC(C(=O)Nc2nnc(CN3C(=O)c4ccccc4C3=O)s2)CC1=O. The number of nitrogens with zero attached hydrogens (tertiary/aromatic N) is 4. The molecule has 0 spiro atoms. The Morgan fingerprint density at radius 1 is 1.06 bits per heavy atom. The Balaban J connectivity index is 1.25. The van der Waals surface area contributed by atoms with Gasteiger partial charge in [-0.3, -0.25) is 24.1 Å². The fourth-order valence-corrected chi connectivity index (χ4v) is 5.32. The fraction of sp³-hybridized carbons (Fsp3) is 0.280. The third kappa shape index (κ3) is 4.10. The van der Waals surface area contributed by atoms with Crippen LogP contribution in [0.3, 0.4) is 0 Å². The third-order valence-corrected chi connectivity index (χ3v) is 7.16. The van der Waals surface area contributed by atoms with Crippen molar-refractivity contribution in [2.75, 3.05) is 16.8 Å². The molecule has 9 nitrogen and oxygen atoms in total. The number of anilines is 2. The molecule has 2 aromatic carbocycles. The largest absolute Gasteiger partial charge is 0.311 e. The van der Waals surface area contributed by atoms with E-state index in [9.17, 15) is 19.2 Å². The number of imide groups is 1. The number of aromatic nitrogens is 2. The highest BCUT2D eigenvalue weighted by Gasteiger charge is 2.38. The van der Waals surface area contributed by atoms with Gasteiger partial charge in [0.1, 0.15) is 5.01 Å². The summed E-state index contributed by atoms with van der Waals surface area (Å²) in [6.45, 7) is 4.27. The van der Waals surface area contributed by atoms with E-state index >= 15 is 0 Å². The highest BCUT2D eigenvalue weighted by atomic mass is 32.1. The molecule has 5 rings (SSSR count). The van der Waals surface area contributed by atoms with E-state index in [0.29, 0.717) is 22.7 Å². The summed E-state index contributed by atoms with van der Waals surface area (Å²) in [5.74, 6) is -1.67. The van der Waals surface area contributed by atoms with Gasteiger partial charge in [0.05, 0.1) is 23.6 Å². The highest BCUT2D eigenvalue weighted by molar-refractivity contribution is 7.15. The van der Waals surface area contributed by atoms with Crippen molar-refractivity contribution >= 4 is 45.8 Å². The number of benzene rings is 2. The molecule has 1 saturated heterocycles. The molecule has 1 fully saturated rings. The number of para-hydroxylation sites is 1. The normalized spacial score (nSPS) is 17.3. The van der Waals surface area contributed by atoms with Crippen molar-refractivity contribution < 1.29 is 19.2 Å². The summed E-state index contributed by atoms with van der Waals surface area (Å²) < 4.78 is 0. The molecular weight excluding hydrogens is 466 g/mol. The Morgan fingerprint density at radius 3 is 2.46 bits per heavy atom. The minimum atomic E-state index is -0.518. The first-order chi connectivity index (χ1) is 16.9. The molecule has 1 aromatic heterocycles. The van der Waals surface area contributed by atoms with Crippen molar-refractivity contribution in [3.63, 3.8) is 0 Å². The molecule has 0 aliphatic carbocycles. The van der Waals surface area contributed by atoms with Gasteiger partial charge in [-0.15, -0.1) is 10.2 Å². The van der Waals surface area contributed by atoms with Crippen LogP contribution >= 0.6 is 11.3 Å². The third-order valence-electron chi connectivity index (χ3n) is 6.34. The lowest BCUT2D eigenvalue weighted by Crippen LogP contribution is -2.29. The van der Waals surface area contributed by atoms with Gasteiger partial charge in [0.15, 0.2) is 0 Å². The van der Waals surface area contributed by atoms with Gasteiger partial charge in [-0.05, 0) is 36.6 Å². The summed E-state index contributed by atoms with van der Waals surface area (Å²) in [4.78, 5) is 53.6. The summed E-state index contributed by atoms with van der Waals surface area (Å²) in [6, 6.07) is 12.6. The number of aryl methyl sites for hydroxylation is 2. The number of nitrogens with one attached hydrogen (secondary N) is 1. The molecule has 1 unspecified atom stereocenters. The van der Waals surface area contributed by atoms with Gasteiger partial charge in [-0.2, -0.15) is 0 Å². The first-order valence-corrected chi connectivity index (χ1v) is 12.2. The summed E-state index contributed by atoms with van der Waals surface area (Å²) >= 11 is 1.10. The van der Waals surface area contributed by atoms with E-state index in [0.717, 1.165) is 39.5 Å². The van der Waals surface area contributed by atoms with Crippen LogP contribution in [-0.2, 0) is 22.6 Å². The van der Waals surface area contributed by atoms with E-state index in [4.69, 9.17) is 0 Å².